The van der Waals surface area contributed by atoms with Gasteiger partial charge < -0.3 is 9.47 Å². The Hall–Kier alpha value is -2.24. The highest BCUT2D eigenvalue weighted by Crippen LogP contribution is 2.45. The Balaban J connectivity index is 3.10. The van der Waals surface area contributed by atoms with E-state index in [0.29, 0.717) is 19.3 Å². The SMILES string of the molecule is C=C(C)C(=O)OC(=O)C1(C(CC)C(=O)OC(=O)C=CC)CCCCC1. The molecule has 6 heteroatoms. The molecule has 0 N–H and O–H groups in total. The first-order chi connectivity index (χ1) is 11.8. The van der Waals surface area contributed by atoms with Crippen LogP contribution < -0.4 is 0 Å². The first-order valence-electron chi connectivity index (χ1n) is 8.59. The second-order valence-electron chi connectivity index (χ2n) is 6.38. The van der Waals surface area contributed by atoms with Gasteiger partial charge in [-0.05, 0) is 33.1 Å². The summed E-state index contributed by atoms with van der Waals surface area (Å²) in [4.78, 5) is 48.6. The molecule has 1 rings (SSSR count). The highest BCUT2D eigenvalue weighted by atomic mass is 16.6. The van der Waals surface area contributed by atoms with Crippen molar-refractivity contribution in [3.63, 3.8) is 0 Å². The topological polar surface area (TPSA) is 86.7 Å². The van der Waals surface area contributed by atoms with Gasteiger partial charge in [0, 0.05) is 11.6 Å². The summed E-state index contributed by atoms with van der Waals surface area (Å²) in [5.74, 6) is -3.91. The molecule has 0 heterocycles. The number of ether oxygens (including phenoxy) is 2. The van der Waals surface area contributed by atoms with Crippen molar-refractivity contribution in [2.45, 2.75) is 59.3 Å². The van der Waals surface area contributed by atoms with Gasteiger partial charge in [-0.1, -0.05) is 38.8 Å². The molecule has 0 aromatic carbocycles. The molecule has 0 saturated heterocycles. The molecule has 0 aromatic heterocycles. The van der Waals surface area contributed by atoms with Crippen LogP contribution in [0, 0.1) is 11.3 Å². The molecule has 1 aliphatic carbocycles. The van der Waals surface area contributed by atoms with Crippen LogP contribution in [-0.4, -0.2) is 23.9 Å². The number of esters is 4. The quantitative estimate of drug-likeness (QED) is 0.415. The highest BCUT2D eigenvalue weighted by molar-refractivity contribution is 5.99. The molecule has 0 radical (unpaired) electrons. The lowest BCUT2D eigenvalue weighted by Crippen LogP contribution is -2.46. The lowest BCUT2D eigenvalue weighted by Gasteiger charge is -2.39. The monoisotopic (exact) mass is 350 g/mol. The summed E-state index contributed by atoms with van der Waals surface area (Å²) in [7, 11) is 0. The van der Waals surface area contributed by atoms with E-state index in [-0.39, 0.29) is 5.57 Å². The number of rotatable bonds is 6. The van der Waals surface area contributed by atoms with Gasteiger partial charge in [0.2, 0.25) is 0 Å². The lowest BCUT2D eigenvalue weighted by atomic mass is 9.65. The van der Waals surface area contributed by atoms with Gasteiger partial charge in [-0.3, -0.25) is 9.59 Å². The van der Waals surface area contributed by atoms with Crippen LogP contribution >= 0.6 is 0 Å². The highest BCUT2D eigenvalue weighted by Gasteiger charge is 2.51. The third kappa shape index (κ3) is 5.11. The van der Waals surface area contributed by atoms with E-state index >= 15 is 0 Å². The van der Waals surface area contributed by atoms with Crippen molar-refractivity contribution in [3.05, 3.63) is 24.3 Å². The minimum Gasteiger partial charge on any atom is -0.390 e. The van der Waals surface area contributed by atoms with Crippen LogP contribution in [0.3, 0.4) is 0 Å². The van der Waals surface area contributed by atoms with Crippen LogP contribution in [0.5, 0.6) is 0 Å². The molecule has 138 valence electrons. The summed E-state index contributed by atoms with van der Waals surface area (Å²) in [5.41, 5.74) is -1.04. The fourth-order valence-electron chi connectivity index (χ4n) is 3.27. The van der Waals surface area contributed by atoms with Crippen molar-refractivity contribution in [1.29, 1.82) is 0 Å². The summed E-state index contributed by atoms with van der Waals surface area (Å²) < 4.78 is 9.81. The van der Waals surface area contributed by atoms with E-state index in [1.54, 1.807) is 13.8 Å². The van der Waals surface area contributed by atoms with Gasteiger partial charge in [-0.25, -0.2) is 9.59 Å². The van der Waals surface area contributed by atoms with Crippen LogP contribution in [0.2, 0.25) is 0 Å². The molecule has 0 aliphatic heterocycles. The second kappa shape index (κ2) is 9.30. The van der Waals surface area contributed by atoms with Crippen molar-refractivity contribution in [2.24, 2.45) is 11.3 Å². The first-order valence-corrected chi connectivity index (χ1v) is 8.59. The standard InChI is InChI=1S/C19H26O6/c1-5-10-15(20)24-17(22)14(6-2)19(11-8-7-9-12-19)18(23)25-16(21)13(3)4/h5,10,14H,3,6-9,11-12H2,1-2,4H3. The third-order valence-electron chi connectivity index (χ3n) is 4.55. The molecule has 0 spiro atoms. The number of hydrogen-bond donors (Lipinski definition) is 0. The van der Waals surface area contributed by atoms with Crippen molar-refractivity contribution < 1.29 is 28.7 Å². The van der Waals surface area contributed by atoms with Gasteiger partial charge in [0.25, 0.3) is 0 Å². The van der Waals surface area contributed by atoms with Crippen molar-refractivity contribution in [2.75, 3.05) is 0 Å². The molecular weight excluding hydrogens is 324 g/mol. The Bertz CT molecular complexity index is 581. The Morgan fingerprint density at radius 3 is 2.20 bits per heavy atom. The smallest absolute Gasteiger partial charge is 0.340 e. The van der Waals surface area contributed by atoms with E-state index in [9.17, 15) is 19.2 Å². The molecule has 25 heavy (non-hydrogen) atoms. The summed E-state index contributed by atoms with van der Waals surface area (Å²) >= 11 is 0. The molecule has 1 unspecified atom stereocenters. The van der Waals surface area contributed by atoms with E-state index in [1.165, 1.54) is 13.0 Å². The maximum Gasteiger partial charge on any atom is 0.340 e. The second-order valence-corrected chi connectivity index (χ2v) is 6.38. The fraction of sp³-hybridized carbons (Fsp3) is 0.579. The van der Waals surface area contributed by atoms with Crippen LogP contribution in [0.25, 0.3) is 0 Å². The first kappa shape index (κ1) is 20.8. The molecule has 0 aromatic rings. The maximum absolute atomic E-state index is 12.8. The summed E-state index contributed by atoms with van der Waals surface area (Å²) in [5, 5.41) is 0. The average molecular weight is 350 g/mol. The molecule has 1 fully saturated rings. The molecule has 0 amide bonds. The molecule has 0 bridgehead atoms. The summed E-state index contributed by atoms with van der Waals surface area (Å²) in [6, 6.07) is 0. The third-order valence-corrected chi connectivity index (χ3v) is 4.55. The molecule has 1 saturated carbocycles. The zero-order chi connectivity index (χ0) is 19.0. The predicted molar refractivity (Wildman–Crippen MR) is 91.1 cm³/mol. The Labute approximate surface area is 148 Å². The summed E-state index contributed by atoms with van der Waals surface area (Å²) in [6.45, 7) is 8.29. The fourth-order valence-corrected chi connectivity index (χ4v) is 3.27. The largest absolute Gasteiger partial charge is 0.390 e. The van der Waals surface area contributed by atoms with Gasteiger partial charge >= 0.3 is 23.9 Å². The van der Waals surface area contributed by atoms with E-state index in [2.05, 4.69) is 6.58 Å². The Morgan fingerprint density at radius 1 is 1.12 bits per heavy atom. The van der Waals surface area contributed by atoms with E-state index in [0.717, 1.165) is 25.3 Å². The van der Waals surface area contributed by atoms with Crippen LogP contribution in [0.15, 0.2) is 24.3 Å². The lowest BCUT2D eigenvalue weighted by molar-refractivity contribution is -0.179. The summed E-state index contributed by atoms with van der Waals surface area (Å²) in [6.07, 6.45) is 6.16. The Kier molecular flexibility index (Phi) is 7.74. The zero-order valence-corrected chi connectivity index (χ0v) is 15.1. The molecule has 1 atom stereocenters. The Morgan fingerprint density at radius 2 is 1.72 bits per heavy atom. The maximum atomic E-state index is 12.8. The van der Waals surface area contributed by atoms with Crippen molar-refractivity contribution in [1.82, 2.24) is 0 Å². The van der Waals surface area contributed by atoms with Gasteiger partial charge in [-0.15, -0.1) is 0 Å². The average Bonchev–Trinajstić information content (AvgIpc) is 2.56. The molecule has 6 nitrogen and oxygen atoms in total. The van der Waals surface area contributed by atoms with Gasteiger partial charge in [0.15, 0.2) is 0 Å². The number of carbonyl (C=O) groups is 4. The minimum atomic E-state index is -1.15. The minimum absolute atomic E-state index is 0.109. The van der Waals surface area contributed by atoms with Gasteiger partial charge in [0.05, 0.1) is 11.3 Å². The molecular formula is C19H26O6. The van der Waals surface area contributed by atoms with E-state index in [4.69, 9.17) is 9.47 Å². The predicted octanol–water partition coefficient (Wildman–Crippen LogP) is 3.25. The number of hydrogen-bond acceptors (Lipinski definition) is 6. The van der Waals surface area contributed by atoms with Crippen LogP contribution in [0.4, 0.5) is 0 Å². The van der Waals surface area contributed by atoms with Crippen molar-refractivity contribution >= 4 is 23.9 Å². The zero-order valence-electron chi connectivity index (χ0n) is 15.1. The van der Waals surface area contributed by atoms with E-state index < -0.39 is 35.2 Å². The van der Waals surface area contributed by atoms with Gasteiger partial charge in [-0.2, -0.15) is 0 Å². The number of carbonyl (C=O) groups excluding carboxylic acids is 4. The van der Waals surface area contributed by atoms with E-state index in [1.807, 2.05) is 0 Å². The number of allylic oxidation sites excluding steroid dienone is 1. The van der Waals surface area contributed by atoms with Crippen LogP contribution in [0.1, 0.15) is 59.3 Å². The van der Waals surface area contributed by atoms with Crippen LogP contribution in [-0.2, 0) is 28.7 Å². The molecule has 1 aliphatic rings. The van der Waals surface area contributed by atoms with Gasteiger partial charge in [0.1, 0.15) is 0 Å². The normalized spacial score (nSPS) is 17.6. The van der Waals surface area contributed by atoms with Crippen molar-refractivity contribution in [3.8, 4) is 0 Å².